The average Bonchev–Trinajstić information content (AvgIpc) is 2.34. The Labute approximate surface area is 102 Å². The van der Waals surface area contributed by atoms with Gasteiger partial charge in [0.05, 0.1) is 11.3 Å². The summed E-state index contributed by atoms with van der Waals surface area (Å²) in [5.74, 6) is -1.90. The lowest BCUT2D eigenvalue weighted by molar-refractivity contribution is -0.114. The lowest BCUT2D eigenvalue weighted by Crippen LogP contribution is -2.08. The van der Waals surface area contributed by atoms with Crippen molar-refractivity contribution in [3.05, 3.63) is 48.3 Å². The van der Waals surface area contributed by atoms with Crippen LogP contribution in [0.5, 0.6) is 0 Å². The minimum Gasteiger partial charge on any atom is -0.324 e. The maximum absolute atomic E-state index is 14.1. The number of amides is 1. The number of halogens is 2. The third-order valence-corrected chi connectivity index (χ3v) is 2.37. The third-order valence-electron chi connectivity index (χ3n) is 2.37. The van der Waals surface area contributed by atoms with Gasteiger partial charge >= 0.3 is 0 Å². The van der Waals surface area contributed by atoms with E-state index in [0.29, 0.717) is 5.56 Å². The number of hydrogen-bond acceptors (Lipinski definition) is 2. The van der Waals surface area contributed by atoms with Gasteiger partial charge in [0.2, 0.25) is 5.91 Å². The van der Waals surface area contributed by atoms with Gasteiger partial charge in [-0.05, 0) is 29.8 Å². The number of nitrogens with zero attached hydrogens (tertiary/aromatic N) is 1. The van der Waals surface area contributed by atoms with Crippen LogP contribution in [0, 0.1) is 11.6 Å². The van der Waals surface area contributed by atoms with E-state index in [1.165, 1.54) is 37.5 Å². The second-order valence-electron chi connectivity index (χ2n) is 3.70. The van der Waals surface area contributed by atoms with Crippen molar-refractivity contribution in [1.29, 1.82) is 0 Å². The van der Waals surface area contributed by atoms with Crippen LogP contribution in [-0.4, -0.2) is 10.9 Å². The molecule has 1 aromatic heterocycles. The summed E-state index contributed by atoms with van der Waals surface area (Å²) in [6.45, 7) is 1.26. The normalized spacial score (nSPS) is 10.2. The summed E-state index contributed by atoms with van der Waals surface area (Å²) in [5, 5.41) is 2.31. The van der Waals surface area contributed by atoms with E-state index < -0.39 is 17.5 Å². The molecule has 1 aromatic carbocycles. The fourth-order valence-corrected chi connectivity index (χ4v) is 1.62. The third kappa shape index (κ3) is 2.34. The second kappa shape index (κ2) is 4.91. The highest BCUT2D eigenvalue weighted by molar-refractivity contribution is 5.89. The first-order valence-electron chi connectivity index (χ1n) is 5.25. The summed E-state index contributed by atoms with van der Waals surface area (Å²) >= 11 is 0. The Kier molecular flexibility index (Phi) is 3.32. The number of pyridine rings is 1. The predicted octanol–water partition coefficient (Wildman–Crippen LogP) is 2.99. The van der Waals surface area contributed by atoms with Gasteiger partial charge in [-0.25, -0.2) is 8.78 Å². The van der Waals surface area contributed by atoms with E-state index in [1.54, 1.807) is 0 Å². The number of nitrogens with one attached hydrogen (secondary N) is 1. The highest BCUT2D eigenvalue weighted by Gasteiger charge is 2.15. The first-order chi connectivity index (χ1) is 8.59. The molecule has 2 rings (SSSR count). The molecule has 0 aliphatic heterocycles. The molecule has 18 heavy (non-hydrogen) atoms. The molecule has 0 aliphatic rings. The van der Waals surface area contributed by atoms with Crippen LogP contribution in [0.2, 0.25) is 0 Å². The Morgan fingerprint density at radius 2 is 1.83 bits per heavy atom. The van der Waals surface area contributed by atoms with Gasteiger partial charge in [0.15, 0.2) is 5.82 Å². The molecule has 92 valence electrons. The first-order valence-corrected chi connectivity index (χ1v) is 5.25. The molecule has 0 saturated carbocycles. The Bertz CT molecular complexity index is 585. The lowest BCUT2D eigenvalue weighted by atomic mass is 10.0. The molecule has 1 heterocycles. The highest BCUT2D eigenvalue weighted by Crippen LogP contribution is 2.30. The molecule has 5 heteroatoms. The molecular weight excluding hydrogens is 238 g/mol. The molecular formula is C13H10F2N2O. The molecule has 3 nitrogen and oxygen atoms in total. The van der Waals surface area contributed by atoms with Crippen molar-refractivity contribution in [2.75, 3.05) is 5.32 Å². The van der Waals surface area contributed by atoms with Crippen molar-refractivity contribution in [2.45, 2.75) is 6.92 Å². The monoisotopic (exact) mass is 248 g/mol. The number of aromatic nitrogens is 1. The van der Waals surface area contributed by atoms with Crippen LogP contribution < -0.4 is 5.32 Å². The largest absolute Gasteiger partial charge is 0.324 e. The maximum Gasteiger partial charge on any atom is 0.221 e. The van der Waals surface area contributed by atoms with Crippen molar-refractivity contribution in [3.63, 3.8) is 0 Å². The highest BCUT2D eigenvalue weighted by atomic mass is 19.1. The molecule has 0 unspecified atom stereocenters. The molecule has 1 N–H and O–H groups in total. The standard InChI is InChI=1S/C13H10F2N2O/c1-8(18)17-11-3-2-10(14)12(13(11)15)9-4-6-16-7-5-9/h2-7H,1H3,(H,17,18). The molecule has 0 atom stereocenters. The van der Waals surface area contributed by atoms with Crippen LogP contribution in [-0.2, 0) is 4.79 Å². The number of carbonyl (C=O) groups excluding carboxylic acids is 1. The summed E-state index contributed by atoms with van der Waals surface area (Å²) in [4.78, 5) is 14.7. The fraction of sp³-hybridized carbons (Fsp3) is 0.0769. The molecule has 0 aliphatic carbocycles. The van der Waals surface area contributed by atoms with Crippen molar-refractivity contribution in [2.24, 2.45) is 0 Å². The Hall–Kier alpha value is -2.30. The molecule has 0 saturated heterocycles. The SMILES string of the molecule is CC(=O)Nc1ccc(F)c(-c2ccncc2)c1F. The van der Waals surface area contributed by atoms with E-state index >= 15 is 0 Å². The number of benzene rings is 1. The summed E-state index contributed by atoms with van der Waals surface area (Å²) < 4.78 is 27.8. The zero-order chi connectivity index (χ0) is 13.1. The van der Waals surface area contributed by atoms with Gasteiger partial charge in [0.1, 0.15) is 5.82 Å². The average molecular weight is 248 g/mol. The van der Waals surface area contributed by atoms with Crippen LogP contribution in [0.3, 0.4) is 0 Å². The van der Waals surface area contributed by atoms with Gasteiger partial charge in [-0.15, -0.1) is 0 Å². The zero-order valence-electron chi connectivity index (χ0n) is 9.58. The number of carbonyl (C=O) groups is 1. The minimum absolute atomic E-state index is 0.0456. The van der Waals surface area contributed by atoms with Crippen LogP contribution >= 0.6 is 0 Å². The van der Waals surface area contributed by atoms with Gasteiger partial charge in [-0.1, -0.05) is 0 Å². The van der Waals surface area contributed by atoms with E-state index in [9.17, 15) is 13.6 Å². The smallest absolute Gasteiger partial charge is 0.221 e. The minimum atomic E-state index is -0.795. The van der Waals surface area contributed by atoms with Gasteiger partial charge in [0.25, 0.3) is 0 Å². The molecule has 1 amide bonds. The molecule has 0 spiro atoms. The van der Waals surface area contributed by atoms with Gasteiger partial charge in [-0.2, -0.15) is 0 Å². The Balaban J connectivity index is 2.56. The number of anilines is 1. The van der Waals surface area contributed by atoms with E-state index in [-0.39, 0.29) is 11.3 Å². The van der Waals surface area contributed by atoms with Crippen LogP contribution in [0.15, 0.2) is 36.7 Å². The van der Waals surface area contributed by atoms with E-state index in [2.05, 4.69) is 10.3 Å². The summed E-state index contributed by atoms with van der Waals surface area (Å²) in [6, 6.07) is 5.30. The van der Waals surface area contributed by atoms with Crippen LogP contribution in [0.1, 0.15) is 6.92 Å². The van der Waals surface area contributed by atoms with E-state index in [4.69, 9.17) is 0 Å². The van der Waals surface area contributed by atoms with Crippen LogP contribution in [0.4, 0.5) is 14.5 Å². The topological polar surface area (TPSA) is 42.0 Å². The van der Waals surface area contributed by atoms with Crippen molar-refractivity contribution in [1.82, 2.24) is 4.98 Å². The maximum atomic E-state index is 14.1. The predicted molar refractivity (Wildman–Crippen MR) is 63.9 cm³/mol. The van der Waals surface area contributed by atoms with Gasteiger partial charge in [-0.3, -0.25) is 9.78 Å². The summed E-state index contributed by atoms with van der Waals surface area (Å²) in [6.07, 6.45) is 2.89. The van der Waals surface area contributed by atoms with Crippen molar-refractivity contribution < 1.29 is 13.6 Å². The van der Waals surface area contributed by atoms with Crippen molar-refractivity contribution >= 4 is 11.6 Å². The molecule has 0 bridgehead atoms. The zero-order valence-corrected chi connectivity index (χ0v) is 9.58. The quantitative estimate of drug-likeness (QED) is 0.887. The summed E-state index contributed by atoms with van der Waals surface area (Å²) in [7, 11) is 0. The second-order valence-corrected chi connectivity index (χ2v) is 3.70. The molecule has 2 aromatic rings. The fourth-order valence-electron chi connectivity index (χ4n) is 1.62. The van der Waals surface area contributed by atoms with E-state index in [1.807, 2.05) is 0 Å². The first kappa shape index (κ1) is 12.2. The Morgan fingerprint density at radius 3 is 2.44 bits per heavy atom. The number of hydrogen-bond donors (Lipinski definition) is 1. The van der Waals surface area contributed by atoms with Crippen molar-refractivity contribution in [3.8, 4) is 11.1 Å². The summed E-state index contributed by atoms with van der Waals surface area (Å²) in [5.41, 5.74) is 0.145. The van der Waals surface area contributed by atoms with E-state index in [0.717, 1.165) is 6.07 Å². The van der Waals surface area contributed by atoms with Gasteiger partial charge in [0, 0.05) is 19.3 Å². The molecule has 0 radical (unpaired) electrons. The molecule has 0 fully saturated rings. The lowest BCUT2D eigenvalue weighted by Gasteiger charge is -2.09. The Morgan fingerprint density at radius 1 is 1.17 bits per heavy atom. The van der Waals surface area contributed by atoms with Crippen LogP contribution in [0.25, 0.3) is 11.1 Å². The number of rotatable bonds is 2. The van der Waals surface area contributed by atoms with Gasteiger partial charge < -0.3 is 5.32 Å².